The van der Waals surface area contributed by atoms with Gasteiger partial charge < -0.3 is 14.8 Å². The minimum absolute atomic E-state index is 0.228. The molecule has 0 aliphatic carbocycles. The Morgan fingerprint density at radius 2 is 1.87 bits per heavy atom. The first-order chi connectivity index (χ1) is 14.4. The molecule has 1 N–H and O–H groups in total. The molecule has 1 aromatic heterocycles. The molecule has 0 bridgehead atoms. The molecule has 0 radical (unpaired) electrons. The molecule has 0 saturated carbocycles. The number of benzene rings is 1. The Labute approximate surface area is 175 Å². The van der Waals surface area contributed by atoms with Crippen LogP contribution in [0.4, 0.5) is 0 Å². The van der Waals surface area contributed by atoms with E-state index in [9.17, 15) is 14.4 Å². The summed E-state index contributed by atoms with van der Waals surface area (Å²) < 4.78 is 11.6. The van der Waals surface area contributed by atoms with Crippen LogP contribution in [0.15, 0.2) is 36.4 Å². The van der Waals surface area contributed by atoms with Crippen molar-refractivity contribution >= 4 is 23.9 Å². The highest BCUT2D eigenvalue weighted by molar-refractivity contribution is 5.89. The van der Waals surface area contributed by atoms with Gasteiger partial charge in [0.05, 0.1) is 18.0 Å². The molecule has 0 spiro atoms. The van der Waals surface area contributed by atoms with Crippen molar-refractivity contribution < 1.29 is 23.9 Å². The van der Waals surface area contributed by atoms with E-state index in [1.807, 2.05) is 48.9 Å². The maximum atomic E-state index is 11.9. The molecule has 0 aliphatic heterocycles. The topological polar surface area (TPSA) is 99.5 Å². The first-order valence-corrected chi connectivity index (χ1v) is 9.81. The third kappa shape index (κ3) is 6.88. The van der Waals surface area contributed by atoms with Crippen molar-refractivity contribution in [1.29, 1.82) is 0 Å². The SMILES string of the molecule is CCOC(=O)CCCNC(=O)COC(=O)/C=C/c1c(C)nn(-c2ccccc2)c1C. The zero-order valence-electron chi connectivity index (χ0n) is 17.5. The third-order valence-corrected chi connectivity index (χ3v) is 4.26. The van der Waals surface area contributed by atoms with Crippen LogP contribution in [-0.4, -0.2) is 47.4 Å². The normalized spacial score (nSPS) is 10.8. The van der Waals surface area contributed by atoms with Gasteiger partial charge in [-0.05, 0) is 45.4 Å². The summed E-state index contributed by atoms with van der Waals surface area (Å²) in [7, 11) is 0. The first kappa shape index (κ1) is 22.9. The van der Waals surface area contributed by atoms with Crippen LogP contribution >= 0.6 is 0 Å². The van der Waals surface area contributed by atoms with Crippen molar-refractivity contribution in [3.63, 3.8) is 0 Å². The van der Waals surface area contributed by atoms with Gasteiger partial charge in [0.15, 0.2) is 6.61 Å². The summed E-state index contributed by atoms with van der Waals surface area (Å²) in [5.74, 6) is -1.35. The highest BCUT2D eigenvalue weighted by Crippen LogP contribution is 2.19. The molecule has 2 aromatic rings. The lowest BCUT2D eigenvalue weighted by molar-refractivity contribution is -0.143. The zero-order chi connectivity index (χ0) is 21.9. The number of para-hydroxylation sites is 1. The number of ether oxygens (including phenoxy) is 2. The quantitative estimate of drug-likeness (QED) is 0.365. The van der Waals surface area contributed by atoms with Gasteiger partial charge in [-0.25, -0.2) is 9.48 Å². The molecule has 8 nitrogen and oxygen atoms in total. The second-order valence-corrected chi connectivity index (χ2v) is 6.53. The zero-order valence-corrected chi connectivity index (χ0v) is 17.5. The Morgan fingerprint density at radius 3 is 2.57 bits per heavy atom. The number of esters is 2. The molecule has 160 valence electrons. The van der Waals surface area contributed by atoms with Crippen LogP contribution in [0.25, 0.3) is 11.8 Å². The van der Waals surface area contributed by atoms with Gasteiger partial charge in [0.1, 0.15) is 0 Å². The summed E-state index contributed by atoms with van der Waals surface area (Å²) in [4.78, 5) is 34.9. The summed E-state index contributed by atoms with van der Waals surface area (Å²) in [5.41, 5.74) is 3.42. The predicted molar refractivity (Wildman–Crippen MR) is 112 cm³/mol. The van der Waals surface area contributed by atoms with Crippen LogP contribution in [0.1, 0.15) is 36.7 Å². The lowest BCUT2D eigenvalue weighted by Crippen LogP contribution is -2.29. The molecule has 0 unspecified atom stereocenters. The summed E-state index contributed by atoms with van der Waals surface area (Å²) in [5, 5.41) is 7.10. The van der Waals surface area contributed by atoms with Crippen molar-refractivity contribution in [2.45, 2.75) is 33.6 Å². The number of nitrogens with zero attached hydrogens (tertiary/aromatic N) is 2. The maximum Gasteiger partial charge on any atom is 0.331 e. The Hall–Kier alpha value is -3.42. The number of hydrogen-bond donors (Lipinski definition) is 1. The van der Waals surface area contributed by atoms with Gasteiger partial charge in [-0.1, -0.05) is 18.2 Å². The minimum Gasteiger partial charge on any atom is -0.466 e. The fourth-order valence-electron chi connectivity index (χ4n) is 2.80. The Balaban J connectivity index is 1.80. The molecule has 0 fully saturated rings. The molecular formula is C22H27N3O5. The van der Waals surface area contributed by atoms with E-state index in [4.69, 9.17) is 9.47 Å². The van der Waals surface area contributed by atoms with Crippen LogP contribution in [0, 0.1) is 13.8 Å². The molecule has 0 atom stereocenters. The standard InChI is InChI=1S/C22H27N3O5/c1-4-29-21(27)11-8-14-23-20(26)15-30-22(28)13-12-19-16(2)24-25(17(19)3)18-9-6-5-7-10-18/h5-7,9-10,12-13H,4,8,11,14-15H2,1-3H3,(H,23,26)/b13-12+. The fourth-order valence-corrected chi connectivity index (χ4v) is 2.80. The van der Waals surface area contributed by atoms with Gasteiger partial charge in [-0.3, -0.25) is 9.59 Å². The molecule has 2 rings (SSSR count). The number of rotatable bonds is 10. The van der Waals surface area contributed by atoms with E-state index in [0.29, 0.717) is 19.6 Å². The van der Waals surface area contributed by atoms with E-state index in [0.717, 1.165) is 22.6 Å². The van der Waals surface area contributed by atoms with Crippen LogP contribution in [0.3, 0.4) is 0 Å². The van der Waals surface area contributed by atoms with Crippen molar-refractivity contribution in [3.05, 3.63) is 53.4 Å². The van der Waals surface area contributed by atoms with Crippen molar-refractivity contribution in [3.8, 4) is 5.69 Å². The largest absolute Gasteiger partial charge is 0.466 e. The second kappa shape index (κ2) is 11.5. The summed E-state index contributed by atoms with van der Waals surface area (Å²) in [6.45, 7) is 5.77. The molecule has 1 heterocycles. The third-order valence-electron chi connectivity index (χ3n) is 4.26. The molecule has 1 aromatic carbocycles. The van der Waals surface area contributed by atoms with Crippen molar-refractivity contribution in [2.24, 2.45) is 0 Å². The van der Waals surface area contributed by atoms with Gasteiger partial charge in [-0.2, -0.15) is 5.10 Å². The number of nitrogens with one attached hydrogen (secondary N) is 1. The van der Waals surface area contributed by atoms with Crippen molar-refractivity contribution in [2.75, 3.05) is 19.8 Å². The molecule has 1 amide bonds. The average Bonchev–Trinajstić information content (AvgIpc) is 3.02. The maximum absolute atomic E-state index is 11.9. The molecular weight excluding hydrogens is 386 g/mol. The number of aryl methyl sites for hydroxylation is 1. The molecule has 30 heavy (non-hydrogen) atoms. The van der Waals surface area contributed by atoms with E-state index in [2.05, 4.69) is 10.4 Å². The first-order valence-electron chi connectivity index (χ1n) is 9.81. The molecule has 0 saturated heterocycles. The Bertz CT molecular complexity index is 903. The van der Waals surface area contributed by atoms with Crippen LogP contribution in [0.5, 0.6) is 0 Å². The van der Waals surface area contributed by atoms with Gasteiger partial charge in [0.2, 0.25) is 0 Å². The van der Waals surface area contributed by atoms with E-state index in [1.54, 1.807) is 13.0 Å². The highest BCUT2D eigenvalue weighted by atomic mass is 16.5. The fraction of sp³-hybridized carbons (Fsp3) is 0.364. The molecule has 0 aliphatic rings. The second-order valence-electron chi connectivity index (χ2n) is 6.53. The van der Waals surface area contributed by atoms with E-state index in [1.165, 1.54) is 6.08 Å². The van der Waals surface area contributed by atoms with Crippen molar-refractivity contribution in [1.82, 2.24) is 15.1 Å². The lowest BCUT2D eigenvalue weighted by Gasteiger charge is -2.05. The van der Waals surface area contributed by atoms with Gasteiger partial charge in [-0.15, -0.1) is 0 Å². The van der Waals surface area contributed by atoms with Gasteiger partial charge in [0.25, 0.3) is 5.91 Å². The number of hydrogen-bond acceptors (Lipinski definition) is 6. The van der Waals surface area contributed by atoms with E-state index >= 15 is 0 Å². The lowest BCUT2D eigenvalue weighted by atomic mass is 10.2. The number of carbonyl (C=O) groups excluding carboxylic acids is 3. The number of carbonyl (C=O) groups is 3. The minimum atomic E-state index is -0.622. The van der Waals surface area contributed by atoms with Crippen LogP contribution < -0.4 is 5.32 Å². The van der Waals surface area contributed by atoms with Crippen LogP contribution in [-0.2, 0) is 23.9 Å². The highest BCUT2D eigenvalue weighted by Gasteiger charge is 2.11. The Morgan fingerprint density at radius 1 is 1.13 bits per heavy atom. The molecule has 8 heteroatoms. The van der Waals surface area contributed by atoms with Crippen LogP contribution in [0.2, 0.25) is 0 Å². The van der Waals surface area contributed by atoms with Gasteiger partial charge >= 0.3 is 11.9 Å². The van der Waals surface area contributed by atoms with E-state index in [-0.39, 0.29) is 19.0 Å². The Kier molecular flexibility index (Phi) is 8.80. The van der Waals surface area contributed by atoms with Gasteiger partial charge in [0, 0.05) is 30.3 Å². The smallest absolute Gasteiger partial charge is 0.331 e. The summed E-state index contributed by atoms with van der Waals surface area (Å²) >= 11 is 0. The summed E-state index contributed by atoms with van der Waals surface area (Å²) in [6.07, 6.45) is 3.60. The van der Waals surface area contributed by atoms with E-state index < -0.39 is 11.9 Å². The number of amides is 1. The average molecular weight is 413 g/mol. The number of aromatic nitrogens is 2. The summed E-state index contributed by atoms with van der Waals surface area (Å²) in [6, 6.07) is 9.70. The monoisotopic (exact) mass is 413 g/mol. The predicted octanol–water partition coefficient (Wildman–Crippen LogP) is 2.51.